The average Bonchev–Trinajstić information content (AvgIpc) is 2.71. The summed E-state index contributed by atoms with van der Waals surface area (Å²) in [7, 11) is 1.60. The van der Waals surface area contributed by atoms with Crippen LogP contribution in [0.2, 0.25) is 0 Å². The molecule has 0 spiro atoms. The highest BCUT2D eigenvalue weighted by Gasteiger charge is 2.09. The van der Waals surface area contributed by atoms with E-state index in [1.54, 1.807) is 37.7 Å². The molecule has 0 aliphatic heterocycles. The molecule has 0 saturated carbocycles. The first kappa shape index (κ1) is 19.5. The number of pyridine rings is 1. The van der Waals surface area contributed by atoms with E-state index >= 15 is 0 Å². The maximum atomic E-state index is 12.1. The fraction of sp³-hybridized carbons (Fsp3) is 0.350. The van der Waals surface area contributed by atoms with Gasteiger partial charge < -0.3 is 25.1 Å². The monoisotopic (exact) mass is 383 g/mol. The van der Waals surface area contributed by atoms with E-state index in [1.807, 2.05) is 10.6 Å². The summed E-state index contributed by atoms with van der Waals surface area (Å²) < 4.78 is 13.1. The number of fused-ring (bicyclic) bond motifs is 1. The Labute approximate surface area is 163 Å². The van der Waals surface area contributed by atoms with E-state index in [1.165, 1.54) is 0 Å². The molecule has 8 nitrogen and oxygen atoms in total. The molecule has 2 heterocycles. The molecule has 3 aromatic rings. The van der Waals surface area contributed by atoms with Crippen molar-refractivity contribution in [2.24, 2.45) is 0 Å². The van der Waals surface area contributed by atoms with Gasteiger partial charge in [-0.25, -0.2) is 4.98 Å². The lowest BCUT2D eigenvalue weighted by Gasteiger charge is -2.14. The SMILES string of the molecule is CCCCNc1nc(N)ncc1OCCn1ccc(=O)c2ccc(OC)cc21. The molecule has 0 bridgehead atoms. The topological polar surface area (TPSA) is 104 Å². The third-order valence-electron chi connectivity index (χ3n) is 4.37. The molecule has 0 radical (unpaired) electrons. The Balaban J connectivity index is 1.75. The summed E-state index contributed by atoms with van der Waals surface area (Å²) in [4.78, 5) is 20.3. The maximum Gasteiger partial charge on any atom is 0.222 e. The second-order valence-electron chi connectivity index (χ2n) is 6.33. The van der Waals surface area contributed by atoms with Crippen LogP contribution in [0.4, 0.5) is 11.8 Å². The number of hydrogen-bond donors (Lipinski definition) is 2. The summed E-state index contributed by atoms with van der Waals surface area (Å²) in [5.74, 6) is 2.03. The Kier molecular flexibility index (Phi) is 6.31. The largest absolute Gasteiger partial charge is 0.497 e. The lowest BCUT2D eigenvalue weighted by molar-refractivity contribution is 0.299. The van der Waals surface area contributed by atoms with Crippen LogP contribution in [0.1, 0.15) is 19.8 Å². The number of nitrogens with two attached hydrogens (primary N) is 1. The van der Waals surface area contributed by atoms with Crippen molar-refractivity contribution >= 4 is 22.7 Å². The Morgan fingerprint density at radius 1 is 1.29 bits per heavy atom. The van der Waals surface area contributed by atoms with Crippen molar-refractivity contribution < 1.29 is 9.47 Å². The van der Waals surface area contributed by atoms with Gasteiger partial charge in [-0.15, -0.1) is 0 Å². The molecule has 148 valence electrons. The number of benzene rings is 1. The van der Waals surface area contributed by atoms with Crippen LogP contribution in [0.15, 0.2) is 41.5 Å². The third kappa shape index (κ3) is 4.51. The number of methoxy groups -OCH3 is 1. The Morgan fingerprint density at radius 3 is 2.93 bits per heavy atom. The molecule has 3 N–H and O–H groups in total. The van der Waals surface area contributed by atoms with Crippen molar-refractivity contribution in [1.82, 2.24) is 14.5 Å². The van der Waals surface area contributed by atoms with Crippen LogP contribution < -0.4 is 26.0 Å². The summed E-state index contributed by atoms with van der Waals surface area (Å²) in [5.41, 5.74) is 6.46. The fourth-order valence-corrected chi connectivity index (χ4v) is 2.86. The second kappa shape index (κ2) is 9.07. The minimum Gasteiger partial charge on any atom is -0.497 e. The summed E-state index contributed by atoms with van der Waals surface area (Å²) >= 11 is 0. The first-order valence-corrected chi connectivity index (χ1v) is 9.28. The highest BCUT2D eigenvalue weighted by Crippen LogP contribution is 2.22. The van der Waals surface area contributed by atoms with Gasteiger partial charge in [-0.3, -0.25) is 4.79 Å². The van der Waals surface area contributed by atoms with Crippen LogP contribution in [-0.4, -0.2) is 34.8 Å². The van der Waals surface area contributed by atoms with Crippen molar-refractivity contribution in [3.63, 3.8) is 0 Å². The zero-order valence-corrected chi connectivity index (χ0v) is 16.1. The molecule has 0 aliphatic rings. The van der Waals surface area contributed by atoms with Gasteiger partial charge >= 0.3 is 0 Å². The van der Waals surface area contributed by atoms with Crippen LogP contribution in [0.3, 0.4) is 0 Å². The molecule has 1 aromatic carbocycles. The van der Waals surface area contributed by atoms with E-state index in [0.717, 1.165) is 24.9 Å². The highest BCUT2D eigenvalue weighted by atomic mass is 16.5. The molecular formula is C20H25N5O3. The lowest BCUT2D eigenvalue weighted by atomic mass is 10.2. The third-order valence-corrected chi connectivity index (χ3v) is 4.37. The summed E-state index contributed by atoms with van der Waals surface area (Å²) in [6.07, 6.45) is 5.43. The van der Waals surface area contributed by atoms with Crippen LogP contribution in [0.5, 0.6) is 11.5 Å². The van der Waals surface area contributed by atoms with Crippen LogP contribution in [0.25, 0.3) is 10.9 Å². The van der Waals surface area contributed by atoms with Gasteiger partial charge in [0.25, 0.3) is 0 Å². The number of anilines is 2. The van der Waals surface area contributed by atoms with E-state index in [0.29, 0.717) is 35.9 Å². The predicted octanol–water partition coefficient (Wildman–Crippen LogP) is 2.67. The van der Waals surface area contributed by atoms with Gasteiger partial charge in [0.15, 0.2) is 17.0 Å². The molecule has 0 atom stereocenters. The number of aromatic nitrogens is 3. The van der Waals surface area contributed by atoms with Gasteiger partial charge in [0.05, 0.1) is 25.4 Å². The first-order valence-electron chi connectivity index (χ1n) is 9.28. The van der Waals surface area contributed by atoms with Crippen molar-refractivity contribution in [3.05, 3.63) is 46.9 Å². The van der Waals surface area contributed by atoms with Crippen molar-refractivity contribution in [2.45, 2.75) is 26.3 Å². The first-order chi connectivity index (χ1) is 13.6. The van der Waals surface area contributed by atoms with Crippen molar-refractivity contribution in [1.29, 1.82) is 0 Å². The van der Waals surface area contributed by atoms with Gasteiger partial charge in [0, 0.05) is 30.3 Å². The van der Waals surface area contributed by atoms with E-state index in [9.17, 15) is 4.79 Å². The average molecular weight is 383 g/mol. The fourth-order valence-electron chi connectivity index (χ4n) is 2.86. The summed E-state index contributed by atoms with van der Waals surface area (Å²) in [6.45, 7) is 3.83. The van der Waals surface area contributed by atoms with Gasteiger partial charge in [-0.05, 0) is 18.6 Å². The minimum atomic E-state index is -0.0239. The molecule has 28 heavy (non-hydrogen) atoms. The zero-order chi connectivity index (χ0) is 19.9. The van der Waals surface area contributed by atoms with E-state index in [4.69, 9.17) is 15.2 Å². The molecule has 8 heteroatoms. The normalized spacial score (nSPS) is 10.8. The lowest BCUT2D eigenvalue weighted by Crippen LogP contribution is -2.14. The Bertz CT molecular complexity index is 1000. The van der Waals surface area contributed by atoms with E-state index < -0.39 is 0 Å². The second-order valence-corrected chi connectivity index (χ2v) is 6.33. The van der Waals surface area contributed by atoms with Gasteiger partial charge in [0.1, 0.15) is 12.4 Å². The van der Waals surface area contributed by atoms with Crippen LogP contribution in [0, 0.1) is 0 Å². The molecule has 3 rings (SSSR count). The smallest absolute Gasteiger partial charge is 0.222 e. The standard InChI is InChI=1S/C20H25N5O3/c1-3-4-8-22-19-18(13-23-20(21)24-19)28-11-10-25-9-7-17(26)15-6-5-14(27-2)12-16(15)25/h5-7,9,12-13H,3-4,8,10-11H2,1-2H3,(H3,21,22,23,24). The van der Waals surface area contributed by atoms with E-state index in [-0.39, 0.29) is 11.4 Å². The number of nitrogens with one attached hydrogen (secondary N) is 1. The quantitative estimate of drug-likeness (QED) is 0.547. The van der Waals surface area contributed by atoms with Crippen molar-refractivity contribution in [2.75, 3.05) is 31.3 Å². The van der Waals surface area contributed by atoms with Crippen LogP contribution in [-0.2, 0) is 6.54 Å². The summed E-state index contributed by atoms with van der Waals surface area (Å²) in [5, 5.41) is 3.87. The number of hydrogen-bond acceptors (Lipinski definition) is 7. The van der Waals surface area contributed by atoms with E-state index in [2.05, 4.69) is 22.2 Å². The molecule has 0 aliphatic carbocycles. The molecule has 0 unspecified atom stereocenters. The minimum absolute atomic E-state index is 0.0239. The Hall–Kier alpha value is -3.29. The van der Waals surface area contributed by atoms with Gasteiger partial charge in [-0.1, -0.05) is 13.3 Å². The number of nitrogen functional groups attached to an aromatic ring is 1. The molecule has 2 aromatic heterocycles. The number of unbranched alkanes of at least 4 members (excludes halogenated alkanes) is 1. The van der Waals surface area contributed by atoms with Gasteiger partial charge in [-0.2, -0.15) is 4.98 Å². The number of ether oxygens (including phenoxy) is 2. The maximum absolute atomic E-state index is 12.1. The zero-order valence-electron chi connectivity index (χ0n) is 16.1. The van der Waals surface area contributed by atoms with Crippen molar-refractivity contribution in [3.8, 4) is 11.5 Å². The predicted molar refractivity (Wildman–Crippen MR) is 110 cm³/mol. The molecule has 0 fully saturated rings. The number of rotatable bonds is 9. The molecule has 0 saturated heterocycles. The Morgan fingerprint density at radius 2 is 2.14 bits per heavy atom. The van der Waals surface area contributed by atoms with Gasteiger partial charge in [0.2, 0.25) is 5.95 Å². The van der Waals surface area contributed by atoms with Crippen LogP contribution >= 0.6 is 0 Å². The molecular weight excluding hydrogens is 358 g/mol. The number of nitrogens with zero attached hydrogens (tertiary/aromatic N) is 3. The highest BCUT2D eigenvalue weighted by molar-refractivity contribution is 5.80. The molecule has 0 amide bonds. The summed E-state index contributed by atoms with van der Waals surface area (Å²) in [6, 6.07) is 6.96.